The van der Waals surface area contributed by atoms with Gasteiger partial charge >= 0.3 is 0 Å². The molecule has 0 N–H and O–H groups in total. The summed E-state index contributed by atoms with van der Waals surface area (Å²) >= 11 is 0. The molecule has 0 bridgehead atoms. The number of benzene rings is 2. The molecule has 7 nitrogen and oxygen atoms in total. The van der Waals surface area contributed by atoms with Crippen LogP contribution in [0.4, 0.5) is 0 Å². The molecule has 0 aliphatic rings. The van der Waals surface area contributed by atoms with Gasteiger partial charge in [0, 0.05) is 42.0 Å². The fraction of sp³-hybridized carbons (Fsp3) is 0. The van der Waals surface area contributed by atoms with Gasteiger partial charge < -0.3 is 0 Å². The first kappa shape index (κ1) is 19.3. The van der Waals surface area contributed by atoms with Crippen LogP contribution in [0.3, 0.4) is 0 Å². The van der Waals surface area contributed by atoms with E-state index in [9.17, 15) is 4.79 Å². The highest BCUT2D eigenvalue weighted by molar-refractivity contribution is 6.07. The van der Waals surface area contributed by atoms with Crippen molar-refractivity contribution >= 4 is 17.2 Å². The summed E-state index contributed by atoms with van der Waals surface area (Å²) in [7, 11) is 0. The van der Waals surface area contributed by atoms with E-state index in [2.05, 4.69) is 32.2 Å². The zero-order valence-electron chi connectivity index (χ0n) is 17.0. The molecular formula is C25H18N6O. The van der Waals surface area contributed by atoms with Crippen molar-refractivity contribution in [3.8, 4) is 11.3 Å². The van der Waals surface area contributed by atoms with Crippen molar-refractivity contribution in [1.29, 1.82) is 0 Å². The van der Waals surface area contributed by atoms with E-state index in [1.54, 1.807) is 47.4 Å². The van der Waals surface area contributed by atoms with Crippen LogP contribution in [0.15, 0.2) is 110 Å². The Hall–Kier alpha value is -4.65. The van der Waals surface area contributed by atoms with Crippen LogP contribution >= 0.6 is 0 Å². The molecule has 0 aliphatic heterocycles. The van der Waals surface area contributed by atoms with Crippen molar-refractivity contribution in [1.82, 2.24) is 29.0 Å². The maximum absolute atomic E-state index is 12.1. The summed E-state index contributed by atoms with van der Waals surface area (Å²) in [4.78, 5) is 24.6. The molecule has 0 fully saturated rings. The Kier molecular flexibility index (Phi) is 5.20. The largest absolute Gasteiger partial charge is 0.290 e. The van der Waals surface area contributed by atoms with Crippen LogP contribution in [0.25, 0.3) is 22.7 Å². The van der Waals surface area contributed by atoms with Crippen molar-refractivity contribution < 1.29 is 4.79 Å². The Morgan fingerprint density at radius 1 is 0.750 bits per heavy atom. The first-order valence-electron chi connectivity index (χ1n) is 10.0. The number of carbonyl (C=O) groups is 1. The average molecular weight is 418 g/mol. The summed E-state index contributed by atoms with van der Waals surface area (Å²) in [6, 6.07) is 24.9. The number of fused-ring (bicyclic) bond motifs is 2. The van der Waals surface area contributed by atoms with E-state index in [4.69, 9.17) is 0 Å². The second-order valence-electron chi connectivity index (χ2n) is 6.95. The van der Waals surface area contributed by atoms with E-state index in [-0.39, 0.29) is 5.78 Å². The van der Waals surface area contributed by atoms with Crippen molar-refractivity contribution in [2.75, 3.05) is 0 Å². The Balaban J connectivity index is 0.000000136. The third-order valence-corrected chi connectivity index (χ3v) is 4.86. The molecule has 0 spiro atoms. The minimum Gasteiger partial charge on any atom is -0.290 e. The van der Waals surface area contributed by atoms with Crippen LogP contribution in [-0.2, 0) is 0 Å². The van der Waals surface area contributed by atoms with Gasteiger partial charge in [-0.25, -0.2) is 19.5 Å². The molecule has 6 rings (SSSR count). The molecule has 0 unspecified atom stereocenters. The maximum Gasteiger partial charge on any atom is 0.234 e. The van der Waals surface area contributed by atoms with Crippen molar-refractivity contribution in [3.63, 3.8) is 0 Å². The van der Waals surface area contributed by atoms with Gasteiger partial charge in [0.25, 0.3) is 0 Å². The zero-order chi connectivity index (χ0) is 21.8. The minimum absolute atomic E-state index is 0.0869. The quantitative estimate of drug-likeness (QED) is 0.399. The van der Waals surface area contributed by atoms with E-state index in [1.807, 2.05) is 59.2 Å². The third kappa shape index (κ3) is 3.87. The van der Waals surface area contributed by atoms with Crippen LogP contribution in [0.2, 0.25) is 0 Å². The molecule has 4 heterocycles. The summed E-state index contributed by atoms with van der Waals surface area (Å²) in [6.07, 6.45) is 8.72. The van der Waals surface area contributed by atoms with E-state index < -0.39 is 0 Å². The molecule has 2 aromatic carbocycles. The van der Waals surface area contributed by atoms with Gasteiger partial charge in [-0.15, -0.1) is 0 Å². The summed E-state index contributed by atoms with van der Waals surface area (Å²) in [5.41, 5.74) is 4.13. The molecule has 0 aliphatic carbocycles. The van der Waals surface area contributed by atoms with Crippen LogP contribution < -0.4 is 0 Å². The number of nitrogens with zero attached hydrogens (tertiary/aromatic N) is 6. The third-order valence-electron chi connectivity index (χ3n) is 4.86. The molecule has 7 heteroatoms. The van der Waals surface area contributed by atoms with Gasteiger partial charge in [0.1, 0.15) is 5.69 Å². The molecule has 0 atom stereocenters. The number of hydrogen-bond donors (Lipinski definition) is 0. The van der Waals surface area contributed by atoms with E-state index in [0.29, 0.717) is 17.0 Å². The van der Waals surface area contributed by atoms with Gasteiger partial charge in [-0.1, -0.05) is 60.7 Å². The predicted octanol–water partition coefficient (Wildman–Crippen LogP) is 4.36. The first-order valence-corrected chi connectivity index (χ1v) is 10.0. The summed E-state index contributed by atoms with van der Waals surface area (Å²) in [5, 5.41) is 4.25. The van der Waals surface area contributed by atoms with Crippen molar-refractivity contribution in [2.45, 2.75) is 0 Å². The predicted molar refractivity (Wildman–Crippen MR) is 121 cm³/mol. The Morgan fingerprint density at radius 2 is 1.53 bits per heavy atom. The molecule has 0 radical (unpaired) electrons. The lowest BCUT2D eigenvalue weighted by molar-refractivity contribution is 0.103. The zero-order valence-corrected chi connectivity index (χ0v) is 17.0. The van der Waals surface area contributed by atoms with Gasteiger partial charge in [0.2, 0.25) is 11.6 Å². The van der Waals surface area contributed by atoms with Gasteiger partial charge in [-0.05, 0) is 12.1 Å². The molecule has 4 aromatic heterocycles. The highest BCUT2D eigenvalue weighted by Gasteiger charge is 2.12. The normalized spacial score (nSPS) is 10.6. The Labute approximate surface area is 183 Å². The Morgan fingerprint density at radius 3 is 2.31 bits per heavy atom. The lowest BCUT2D eigenvalue weighted by Crippen LogP contribution is -2.00. The van der Waals surface area contributed by atoms with Gasteiger partial charge in [0.15, 0.2) is 5.65 Å². The summed E-state index contributed by atoms with van der Waals surface area (Å²) in [6.45, 7) is 0. The van der Waals surface area contributed by atoms with E-state index in [0.717, 1.165) is 16.9 Å². The number of carbonyl (C=O) groups excluding carboxylic acids is 1. The molecule has 6 aromatic rings. The molecule has 0 amide bonds. The highest BCUT2D eigenvalue weighted by atomic mass is 16.1. The molecule has 0 saturated heterocycles. The summed E-state index contributed by atoms with van der Waals surface area (Å²) < 4.78 is 3.57. The molecular weight excluding hydrogens is 400 g/mol. The number of imidazole rings is 1. The van der Waals surface area contributed by atoms with Gasteiger partial charge in [0.05, 0.1) is 11.9 Å². The van der Waals surface area contributed by atoms with E-state index >= 15 is 0 Å². The van der Waals surface area contributed by atoms with Gasteiger partial charge in [-0.3, -0.25) is 9.20 Å². The highest BCUT2D eigenvalue weighted by Crippen LogP contribution is 2.18. The number of rotatable bonds is 3. The van der Waals surface area contributed by atoms with Crippen LogP contribution in [0, 0.1) is 0 Å². The number of aromatic nitrogens is 6. The number of ketones is 1. The van der Waals surface area contributed by atoms with Crippen LogP contribution in [0.5, 0.6) is 0 Å². The standard InChI is InChI=1S/C13H9N3O.C12H9N3/c17-12(10-5-2-1-3-6-10)11-9-16-8-4-7-14-13(16)15-11;1-2-4-10(5-3-1)11-6-8-13-12-7-9-14-15(11)12/h1-9H;1-9H. The minimum atomic E-state index is -0.0869. The second-order valence-corrected chi connectivity index (χ2v) is 6.95. The van der Waals surface area contributed by atoms with E-state index in [1.165, 1.54) is 0 Å². The fourth-order valence-corrected chi connectivity index (χ4v) is 3.34. The monoisotopic (exact) mass is 418 g/mol. The summed E-state index contributed by atoms with van der Waals surface area (Å²) in [5.74, 6) is 0.447. The second kappa shape index (κ2) is 8.61. The number of hydrogen-bond acceptors (Lipinski definition) is 5. The van der Waals surface area contributed by atoms with Crippen molar-refractivity contribution in [3.05, 3.63) is 121 Å². The Bertz CT molecular complexity index is 1460. The SMILES string of the molecule is O=C(c1ccccc1)c1cn2cccnc2n1.c1ccc(-c2ccnc3ccnn23)cc1. The van der Waals surface area contributed by atoms with Crippen molar-refractivity contribution in [2.24, 2.45) is 0 Å². The molecule has 0 saturated carbocycles. The van der Waals surface area contributed by atoms with Crippen LogP contribution in [-0.4, -0.2) is 34.7 Å². The van der Waals surface area contributed by atoms with Gasteiger partial charge in [-0.2, -0.15) is 5.10 Å². The van der Waals surface area contributed by atoms with Crippen LogP contribution in [0.1, 0.15) is 16.1 Å². The fourth-order valence-electron chi connectivity index (χ4n) is 3.34. The lowest BCUT2D eigenvalue weighted by atomic mass is 10.1. The molecule has 32 heavy (non-hydrogen) atoms. The smallest absolute Gasteiger partial charge is 0.234 e. The topological polar surface area (TPSA) is 77.5 Å². The maximum atomic E-state index is 12.1. The average Bonchev–Trinajstić information content (AvgIpc) is 3.52. The first-order chi connectivity index (χ1) is 15.8. The molecule has 154 valence electrons. The lowest BCUT2D eigenvalue weighted by Gasteiger charge is -2.03.